The molecule has 2 amide bonds. The summed E-state index contributed by atoms with van der Waals surface area (Å²) in [4.78, 5) is 20.5. The molecule has 160 valence electrons. The van der Waals surface area contributed by atoms with Gasteiger partial charge in [0.05, 0.1) is 22.0 Å². The van der Waals surface area contributed by atoms with E-state index in [2.05, 4.69) is 25.9 Å². The number of anilines is 3. The van der Waals surface area contributed by atoms with Crippen molar-refractivity contribution in [1.82, 2.24) is 9.97 Å². The maximum atomic E-state index is 12.8. The SMILES string of the molecule is O=C(Nc1cccc(C(F)(F)F)c1)Nc1ccc(Oc2ncnc3c2NCC3)cc1Cl. The van der Waals surface area contributed by atoms with Crippen molar-refractivity contribution < 1.29 is 22.7 Å². The molecule has 1 aromatic heterocycles. The van der Waals surface area contributed by atoms with Gasteiger partial charge in [-0.2, -0.15) is 18.2 Å². The fraction of sp³-hybridized carbons (Fsp3) is 0.150. The lowest BCUT2D eigenvalue weighted by Crippen LogP contribution is -2.20. The number of hydrogen-bond acceptors (Lipinski definition) is 5. The van der Waals surface area contributed by atoms with Gasteiger partial charge in [0.2, 0.25) is 5.88 Å². The number of carbonyl (C=O) groups is 1. The van der Waals surface area contributed by atoms with Gasteiger partial charge in [-0.3, -0.25) is 0 Å². The van der Waals surface area contributed by atoms with Crippen molar-refractivity contribution in [2.24, 2.45) is 0 Å². The number of benzene rings is 2. The summed E-state index contributed by atoms with van der Waals surface area (Å²) in [6, 6.07) is 8.15. The summed E-state index contributed by atoms with van der Waals surface area (Å²) in [5.74, 6) is 0.755. The minimum Gasteiger partial charge on any atom is -0.437 e. The Labute approximate surface area is 179 Å². The number of urea groups is 1. The minimum atomic E-state index is -4.51. The number of rotatable bonds is 4. The van der Waals surface area contributed by atoms with Crippen molar-refractivity contribution in [2.45, 2.75) is 12.6 Å². The number of ether oxygens (including phenoxy) is 1. The van der Waals surface area contributed by atoms with Crippen LogP contribution in [0.3, 0.4) is 0 Å². The van der Waals surface area contributed by atoms with Crippen LogP contribution in [0.1, 0.15) is 11.3 Å². The number of hydrogen-bond donors (Lipinski definition) is 3. The van der Waals surface area contributed by atoms with Crippen molar-refractivity contribution in [1.29, 1.82) is 0 Å². The number of nitrogens with one attached hydrogen (secondary N) is 3. The molecule has 4 rings (SSSR count). The van der Waals surface area contributed by atoms with Crippen molar-refractivity contribution in [3.8, 4) is 11.6 Å². The van der Waals surface area contributed by atoms with Crippen LogP contribution < -0.4 is 20.7 Å². The molecule has 31 heavy (non-hydrogen) atoms. The quantitative estimate of drug-likeness (QED) is 0.486. The van der Waals surface area contributed by atoms with E-state index >= 15 is 0 Å². The normalized spacial score (nSPS) is 12.6. The molecular weight excluding hydrogens is 435 g/mol. The van der Waals surface area contributed by atoms with Gasteiger partial charge in [0, 0.05) is 24.7 Å². The second kappa shape index (κ2) is 8.31. The Hall–Kier alpha value is -3.53. The van der Waals surface area contributed by atoms with E-state index < -0.39 is 17.8 Å². The van der Waals surface area contributed by atoms with Crippen molar-refractivity contribution in [2.75, 3.05) is 22.5 Å². The van der Waals surface area contributed by atoms with Gasteiger partial charge in [0.25, 0.3) is 0 Å². The van der Waals surface area contributed by atoms with Gasteiger partial charge >= 0.3 is 12.2 Å². The van der Waals surface area contributed by atoms with Crippen molar-refractivity contribution >= 4 is 34.7 Å². The molecule has 1 aliphatic rings. The molecule has 7 nitrogen and oxygen atoms in total. The number of amides is 2. The first kappa shape index (κ1) is 20.7. The van der Waals surface area contributed by atoms with Gasteiger partial charge in [0.15, 0.2) is 0 Å². The van der Waals surface area contributed by atoms with E-state index in [0.717, 1.165) is 36.5 Å². The Morgan fingerprint density at radius 3 is 2.74 bits per heavy atom. The topological polar surface area (TPSA) is 88.2 Å². The van der Waals surface area contributed by atoms with Crippen LogP contribution in [-0.2, 0) is 12.6 Å². The van der Waals surface area contributed by atoms with Crippen LogP contribution in [-0.4, -0.2) is 22.5 Å². The molecule has 0 fully saturated rings. The lowest BCUT2D eigenvalue weighted by atomic mass is 10.2. The van der Waals surface area contributed by atoms with E-state index in [0.29, 0.717) is 11.6 Å². The molecule has 11 heteroatoms. The van der Waals surface area contributed by atoms with Crippen LogP contribution >= 0.6 is 11.6 Å². The summed E-state index contributed by atoms with van der Waals surface area (Å²) < 4.78 is 44.2. The van der Waals surface area contributed by atoms with E-state index in [1.165, 1.54) is 30.6 Å². The highest BCUT2D eigenvalue weighted by molar-refractivity contribution is 6.34. The molecule has 1 aliphatic heterocycles. The largest absolute Gasteiger partial charge is 0.437 e. The predicted molar refractivity (Wildman–Crippen MR) is 110 cm³/mol. The predicted octanol–water partition coefficient (Wildman–Crippen LogP) is 5.55. The van der Waals surface area contributed by atoms with Crippen LogP contribution in [0, 0.1) is 0 Å². The van der Waals surface area contributed by atoms with Gasteiger partial charge in [-0.05, 0) is 30.3 Å². The molecular formula is C20H15ClF3N5O2. The standard InChI is InChI=1S/C20H15ClF3N5O2/c21-14-9-13(31-18-17-16(6-7-25-17)26-10-27-18)4-5-15(14)29-19(30)28-12-3-1-2-11(8-12)20(22,23)24/h1-5,8-10,25H,6-7H2,(H2,28,29,30). The van der Waals surface area contributed by atoms with Crippen LogP contribution in [0.15, 0.2) is 48.8 Å². The highest BCUT2D eigenvalue weighted by Crippen LogP contribution is 2.35. The summed E-state index contributed by atoms with van der Waals surface area (Å²) in [5.41, 5.74) is 0.968. The van der Waals surface area contributed by atoms with E-state index in [9.17, 15) is 18.0 Å². The Bertz CT molecular complexity index is 1140. The van der Waals surface area contributed by atoms with E-state index in [4.69, 9.17) is 16.3 Å². The molecule has 0 saturated carbocycles. The maximum absolute atomic E-state index is 12.8. The first-order chi connectivity index (χ1) is 14.8. The fourth-order valence-corrected chi connectivity index (χ4v) is 3.20. The highest BCUT2D eigenvalue weighted by atomic mass is 35.5. The van der Waals surface area contributed by atoms with E-state index in [1.807, 2.05) is 0 Å². The molecule has 2 aromatic carbocycles. The van der Waals surface area contributed by atoms with Crippen molar-refractivity contribution in [3.05, 3.63) is 65.1 Å². The summed E-state index contributed by atoms with van der Waals surface area (Å²) in [6.45, 7) is 0.745. The molecule has 3 N–H and O–H groups in total. The summed E-state index contributed by atoms with van der Waals surface area (Å²) in [6.07, 6.45) is -2.32. The molecule has 0 bridgehead atoms. The lowest BCUT2D eigenvalue weighted by molar-refractivity contribution is -0.137. The van der Waals surface area contributed by atoms with Crippen molar-refractivity contribution in [3.63, 3.8) is 0 Å². The number of carbonyl (C=O) groups excluding carboxylic acids is 1. The Morgan fingerprint density at radius 2 is 1.97 bits per heavy atom. The number of alkyl halides is 3. The number of aromatic nitrogens is 2. The zero-order valence-electron chi connectivity index (χ0n) is 15.8. The van der Waals surface area contributed by atoms with E-state index in [-0.39, 0.29) is 16.4 Å². The smallest absolute Gasteiger partial charge is 0.416 e. The maximum Gasteiger partial charge on any atom is 0.416 e. The third kappa shape index (κ3) is 4.80. The zero-order valence-corrected chi connectivity index (χ0v) is 16.5. The number of fused-ring (bicyclic) bond motifs is 1. The van der Waals surface area contributed by atoms with Crippen LogP contribution in [0.2, 0.25) is 5.02 Å². The fourth-order valence-electron chi connectivity index (χ4n) is 2.98. The van der Waals surface area contributed by atoms with Gasteiger partial charge in [0.1, 0.15) is 17.8 Å². The summed E-state index contributed by atoms with van der Waals surface area (Å²) >= 11 is 6.23. The molecule has 0 unspecified atom stereocenters. The van der Waals surface area contributed by atoms with E-state index in [1.54, 1.807) is 6.07 Å². The van der Waals surface area contributed by atoms with Gasteiger partial charge in [-0.25, -0.2) is 9.78 Å². The number of halogens is 4. The third-order valence-corrected chi connectivity index (χ3v) is 4.72. The van der Waals surface area contributed by atoms with Gasteiger partial charge < -0.3 is 20.7 Å². The van der Waals surface area contributed by atoms with Crippen LogP contribution in [0.25, 0.3) is 0 Å². The summed E-state index contributed by atoms with van der Waals surface area (Å²) in [7, 11) is 0. The molecule has 0 spiro atoms. The minimum absolute atomic E-state index is 0.00600. The number of nitrogens with zero attached hydrogens (tertiary/aromatic N) is 2. The second-order valence-corrected chi connectivity index (χ2v) is 6.99. The second-order valence-electron chi connectivity index (χ2n) is 6.58. The Balaban J connectivity index is 1.43. The Kier molecular flexibility index (Phi) is 5.55. The monoisotopic (exact) mass is 449 g/mol. The van der Waals surface area contributed by atoms with Gasteiger partial charge in [-0.15, -0.1) is 0 Å². The lowest BCUT2D eigenvalue weighted by Gasteiger charge is -2.13. The van der Waals surface area contributed by atoms with Crippen LogP contribution in [0.5, 0.6) is 11.6 Å². The molecule has 3 aromatic rings. The Morgan fingerprint density at radius 1 is 1.13 bits per heavy atom. The molecule has 0 radical (unpaired) electrons. The average Bonchev–Trinajstić information content (AvgIpc) is 3.19. The molecule has 2 heterocycles. The zero-order chi connectivity index (χ0) is 22.0. The molecule has 0 aliphatic carbocycles. The summed E-state index contributed by atoms with van der Waals surface area (Å²) in [5, 5.41) is 8.18. The average molecular weight is 450 g/mol. The highest BCUT2D eigenvalue weighted by Gasteiger charge is 2.30. The van der Waals surface area contributed by atoms with Gasteiger partial charge in [-0.1, -0.05) is 17.7 Å². The van der Waals surface area contributed by atoms with Crippen LogP contribution in [0.4, 0.5) is 35.0 Å². The third-order valence-electron chi connectivity index (χ3n) is 4.41. The first-order valence-corrected chi connectivity index (χ1v) is 9.48. The molecule has 0 saturated heterocycles. The first-order valence-electron chi connectivity index (χ1n) is 9.10. The molecule has 0 atom stereocenters.